The molecule has 0 aliphatic carbocycles. The highest BCUT2D eigenvalue weighted by atomic mass is 16.4. The zero-order chi connectivity index (χ0) is 10.5. The Bertz CT molecular complexity index is 183. The first-order valence-corrected chi connectivity index (χ1v) is 4.05. The summed E-state index contributed by atoms with van der Waals surface area (Å²) in [5.74, 6) is -2.37. The maximum atomic E-state index is 10.3. The average molecular weight is 190 g/mol. The average Bonchev–Trinajstić information content (AvgIpc) is 1.81. The van der Waals surface area contributed by atoms with Crippen molar-refractivity contribution < 1.29 is 24.9 Å². The van der Waals surface area contributed by atoms with Crippen LogP contribution in [0.5, 0.6) is 0 Å². The van der Waals surface area contributed by atoms with Crippen molar-refractivity contribution >= 4 is 11.9 Å². The molecule has 5 nitrogen and oxygen atoms in total. The number of hydrogen-bond acceptors (Lipinski definition) is 3. The van der Waals surface area contributed by atoms with E-state index in [-0.39, 0.29) is 6.42 Å². The first-order valence-electron chi connectivity index (χ1n) is 4.05. The molecule has 0 amide bonds. The van der Waals surface area contributed by atoms with Gasteiger partial charge in [0.05, 0.1) is 18.4 Å². The predicted octanol–water partition coefficient (Wildman–Crippen LogP) is 0.467. The molecule has 0 aromatic carbocycles. The summed E-state index contributed by atoms with van der Waals surface area (Å²) in [7, 11) is 0. The SMILES string of the molecule is CCCC(O)(CC(=O)O)CC(=O)O. The number of aliphatic carboxylic acids is 2. The number of carboxylic acid groups (broad SMARTS) is 2. The molecular formula is C8H14O5. The van der Waals surface area contributed by atoms with E-state index in [4.69, 9.17) is 10.2 Å². The van der Waals surface area contributed by atoms with Gasteiger partial charge in [-0.05, 0) is 6.42 Å². The van der Waals surface area contributed by atoms with E-state index in [9.17, 15) is 14.7 Å². The summed E-state index contributed by atoms with van der Waals surface area (Å²) in [5, 5.41) is 26.5. The van der Waals surface area contributed by atoms with E-state index >= 15 is 0 Å². The van der Waals surface area contributed by atoms with Crippen LogP contribution in [0.1, 0.15) is 32.6 Å². The van der Waals surface area contributed by atoms with Crippen molar-refractivity contribution in [1.82, 2.24) is 0 Å². The van der Waals surface area contributed by atoms with E-state index in [1.165, 1.54) is 0 Å². The van der Waals surface area contributed by atoms with Gasteiger partial charge >= 0.3 is 11.9 Å². The summed E-state index contributed by atoms with van der Waals surface area (Å²) >= 11 is 0. The Kier molecular flexibility index (Phi) is 4.40. The highest BCUT2D eigenvalue weighted by molar-refractivity contribution is 5.72. The Morgan fingerprint density at radius 2 is 1.54 bits per heavy atom. The third-order valence-electron chi connectivity index (χ3n) is 1.68. The van der Waals surface area contributed by atoms with Crippen molar-refractivity contribution in [3.8, 4) is 0 Å². The third-order valence-corrected chi connectivity index (χ3v) is 1.68. The molecule has 0 aromatic rings. The Morgan fingerprint density at radius 1 is 1.15 bits per heavy atom. The van der Waals surface area contributed by atoms with Gasteiger partial charge in [-0.1, -0.05) is 13.3 Å². The van der Waals surface area contributed by atoms with Crippen LogP contribution in [0.3, 0.4) is 0 Å². The maximum Gasteiger partial charge on any atom is 0.306 e. The first-order chi connectivity index (χ1) is 5.89. The first kappa shape index (κ1) is 11.9. The number of carbonyl (C=O) groups is 2. The standard InChI is InChI=1S/C8H14O5/c1-2-3-8(13,4-6(9)10)5-7(11)12/h13H,2-5H2,1H3,(H,9,10)(H,11,12). The Hall–Kier alpha value is -1.10. The van der Waals surface area contributed by atoms with Crippen LogP contribution in [0.15, 0.2) is 0 Å². The van der Waals surface area contributed by atoms with E-state index in [2.05, 4.69) is 0 Å². The molecular weight excluding hydrogens is 176 g/mol. The normalized spacial score (nSPS) is 11.2. The van der Waals surface area contributed by atoms with E-state index in [0.29, 0.717) is 6.42 Å². The molecule has 13 heavy (non-hydrogen) atoms. The molecule has 0 bridgehead atoms. The van der Waals surface area contributed by atoms with Gasteiger partial charge < -0.3 is 15.3 Å². The summed E-state index contributed by atoms with van der Waals surface area (Å²) in [4.78, 5) is 20.6. The molecule has 3 N–H and O–H groups in total. The van der Waals surface area contributed by atoms with Crippen LogP contribution in [0.4, 0.5) is 0 Å². The molecule has 0 atom stereocenters. The van der Waals surface area contributed by atoms with Crippen LogP contribution in [-0.4, -0.2) is 32.9 Å². The maximum absolute atomic E-state index is 10.3. The Labute approximate surface area is 76.0 Å². The van der Waals surface area contributed by atoms with Crippen molar-refractivity contribution in [2.75, 3.05) is 0 Å². The molecule has 76 valence electrons. The molecule has 0 spiro atoms. The molecule has 0 saturated heterocycles. The molecule has 0 aromatic heterocycles. The van der Waals surface area contributed by atoms with Crippen LogP contribution < -0.4 is 0 Å². The number of carboxylic acids is 2. The number of rotatable bonds is 6. The van der Waals surface area contributed by atoms with Crippen molar-refractivity contribution in [1.29, 1.82) is 0 Å². The predicted molar refractivity (Wildman–Crippen MR) is 44.4 cm³/mol. The highest BCUT2D eigenvalue weighted by Gasteiger charge is 2.31. The summed E-state index contributed by atoms with van der Waals surface area (Å²) in [6, 6.07) is 0. The molecule has 0 radical (unpaired) electrons. The smallest absolute Gasteiger partial charge is 0.306 e. The van der Waals surface area contributed by atoms with Gasteiger partial charge in [0.1, 0.15) is 0 Å². The molecule has 0 fully saturated rings. The van der Waals surface area contributed by atoms with Gasteiger partial charge in [0.2, 0.25) is 0 Å². The van der Waals surface area contributed by atoms with Crippen molar-refractivity contribution in [2.24, 2.45) is 0 Å². The van der Waals surface area contributed by atoms with Crippen molar-refractivity contribution in [3.05, 3.63) is 0 Å². The fraction of sp³-hybridized carbons (Fsp3) is 0.750. The van der Waals surface area contributed by atoms with Crippen LogP contribution in [0.25, 0.3) is 0 Å². The molecule has 0 heterocycles. The molecule has 0 aliphatic heterocycles. The van der Waals surface area contributed by atoms with E-state index in [1.807, 2.05) is 0 Å². The van der Waals surface area contributed by atoms with Crippen molar-refractivity contribution in [2.45, 2.75) is 38.2 Å². The molecule has 0 aliphatic rings. The zero-order valence-electron chi connectivity index (χ0n) is 7.49. The van der Waals surface area contributed by atoms with Gasteiger partial charge in [0, 0.05) is 0 Å². The van der Waals surface area contributed by atoms with Gasteiger partial charge in [-0.25, -0.2) is 0 Å². The van der Waals surface area contributed by atoms with Crippen LogP contribution in [-0.2, 0) is 9.59 Å². The lowest BCUT2D eigenvalue weighted by Crippen LogP contribution is -2.34. The molecule has 5 heteroatoms. The Morgan fingerprint density at radius 3 is 1.77 bits per heavy atom. The summed E-state index contributed by atoms with van der Waals surface area (Å²) < 4.78 is 0. The van der Waals surface area contributed by atoms with Gasteiger partial charge in [0.25, 0.3) is 0 Å². The zero-order valence-corrected chi connectivity index (χ0v) is 7.49. The fourth-order valence-electron chi connectivity index (χ4n) is 1.27. The summed E-state index contributed by atoms with van der Waals surface area (Å²) in [6.07, 6.45) is -0.303. The number of aliphatic hydroxyl groups is 1. The minimum Gasteiger partial charge on any atom is -0.481 e. The van der Waals surface area contributed by atoms with Crippen LogP contribution >= 0.6 is 0 Å². The van der Waals surface area contributed by atoms with Gasteiger partial charge in [-0.3, -0.25) is 9.59 Å². The van der Waals surface area contributed by atoms with E-state index < -0.39 is 30.4 Å². The van der Waals surface area contributed by atoms with E-state index in [1.54, 1.807) is 6.92 Å². The minimum atomic E-state index is -1.60. The summed E-state index contributed by atoms with van der Waals surface area (Å²) in [5.41, 5.74) is -1.60. The van der Waals surface area contributed by atoms with Gasteiger partial charge in [-0.2, -0.15) is 0 Å². The molecule has 0 unspecified atom stereocenters. The lowest BCUT2D eigenvalue weighted by Gasteiger charge is -2.23. The third kappa shape index (κ3) is 5.19. The van der Waals surface area contributed by atoms with Crippen molar-refractivity contribution in [3.63, 3.8) is 0 Å². The fourth-order valence-corrected chi connectivity index (χ4v) is 1.27. The van der Waals surface area contributed by atoms with Gasteiger partial charge in [0.15, 0.2) is 0 Å². The highest BCUT2D eigenvalue weighted by Crippen LogP contribution is 2.21. The largest absolute Gasteiger partial charge is 0.481 e. The molecule has 0 rings (SSSR count). The van der Waals surface area contributed by atoms with Crippen LogP contribution in [0, 0.1) is 0 Å². The topological polar surface area (TPSA) is 94.8 Å². The van der Waals surface area contributed by atoms with E-state index in [0.717, 1.165) is 0 Å². The number of hydrogen-bond donors (Lipinski definition) is 3. The monoisotopic (exact) mass is 190 g/mol. The van der Waals surface area contributed by atoms with Crippen LogP contribution in [0.2, 0.25) is 0 Å². The van der Waals surface area contributed by atoms with Gasteiger partial charge in [-0.15, -0.1) is 0 Å². The second-order valence-corrected chi connectivity index (χ2v) is 3.12. The Balaban J connectivity index is 4.32. The second-order valence-electron chi connectivity index (χ2n) is 3.12. The lowest BCUT2D eigenvalue weighted by atomic mass is 9.91. The lowest BCUT2D eigenvalue weighted by molar-refractivity contribution is -0.149. The summed E-state index contributed by atoms with van der Waals surface area (Å²) in [6.45, 7) is 1.76. The minimum absolute atomic E-state index is 0.186. The quantitative estimate of drug-likeness (QED) is 0.565. The second kappa shape index (κ2) is 4.81. The molecule has 0 saturated carbocycles.